The first kappa shape index (κ1) is 29.5. The molecule has 1 fully saturated rings. The number of sulfonamides is 1. The highest BCUT2D eigenvalue weighted by atomic mass is 79.9. The van der Waals surface area contributed by atoms with Gasteiger partial charge in [0, 0.05) is 23.5 Å². The Bertz CT molecular complexity index is 1610. The van der Waals surface area contributed by atoms with Gasteiger partial charge in [0.25, 0.3) is 0 Å². The van der Waals surface area contributed by atoms with Gasteiger partial charge in [-0.15, -0.1) is 28.3 Å². The predicted octanol–water partition coefficient (Wildman–Crippen LogP) is 7.53. The van der Waals surface area contributed by atoms with Gasteiger partial charge in [-0.25, -0.2) is 13.4 Å². The van der Waals surface area contributed by atoms with E-state index < -0.39 is 21.8 Å². The number of nitrogens with zero attached hydrogens (tertiary/aromatic N) is 3. The number of aromatic nitrogens is 1. The summed E-state index contributed by atoms with van der Waals surface area (Å²) in [7, 11) is -3.55. The van der Waals surface area contributed by atoms with Crippen LogP contribution in [0.15, 0.2) is 88.1 Å². The summed E-state index contributed by atoms with van der Waals surface area (Å²) in [5, 5.41) is 2.46. The molecule has 3 aromatic carbocycles. The van der Waals surface area contributed by atoms with Crippen LogP contribution in [-0.2, 0) is 22.7 Å². The van der Waals surface area contributed by atoms with E-state index >= 15 is 0 Å². The van der Waals surface area contributed by atoms with E-state index in [0.717, 1.165) is 41.8 Å². The number of alkyl halides is 3. The third kappa shape index (κ3) is 6.66. The monoisotopic (exact) mass is 657 g/mol. The first-order chi connectivity index (χ1) is 18.1. The van der Waals surface area contributed by atoms with Crippen LogP contribution in [0.4, 0.5) is 18.9 Å². The summed E-state index contributed by atoms with van der Waals surface area (Å²) in [4.78, 5) is 5.27. The molecule has 1 saturated heterocycles. The van der Waals surface area contributed by atoms with Crippen molar-refractivity contribution in [2.45, 2.75) is 30.5 Å². The highest BCUT2D eigenvalue weighted by molar-refractivity contribution is 8.93. The molecule has 2 heterocycles. The third-order valence-electron chi connectivity index (χ3n) is 6.30. The molecule has 206 valence electrons. The Morgan fingerprint density at radius 3 is 2.26 bits per heavy atom. The SMILES string of the molecule is Br.O=S(=O)(c1ccc(-c2csc(=Nc3cccc(C(F)(F)F)c3)n2Cc2ccc(Cl)cc2)cc1)N1CCCC1. The molecule has 0 radical (unpaired) electrons. The molecular formula is C27H24BrClF3N3O2S2. The van der Waals surface area contributed by atoms with E-state index in [9.17, 15) is 21.6 Å². The van der Waals surface area contributed by atoms with Crippen LogP contribution >= 0.6 is 39.9 Å². The quantitative estimate of drug-likeness (QED) is 0.215. The molecule has 12 heteroatoms. The fraction of sp³-hybridized carbons (Fsp3) is 0.222. The van der Waals surface area contributed by atoms with E-state index in [1.165, 1.54) is 27.8 Å². The molecule has 39 heavy (non-hydrogen) atoms. The second kappa shape index (κ2) is 12.0. The van der Waals surface area contributed by atoms with E-state index in [1.54, 1.807) is 36.4 Å². The maximum absolute atomic E-state index is 13.2. The topological polar surface area (TPSA) is 54.7 Å². The van der Waals surface area contributed by atoms with Gasteiger partial charge in [0.2, 0.25) is 10.0 Å². The number of halogens is 5. The Balaban J connectivity index is 0.00000353. The normalized spacial score (nSPS) is 14.9. The molecular weight excluding hydrogens is 635 g/mol. The minimum Gasteiger partial charge on any atom is -0.312 e. The Kier molecular flexibility index (Phi) is 9.07. The van der Waals surface area contributed by atoms with E-state index in [4.69, 9.17) is 11.6 Å². The average molecular weight is 659 g/mol. The van der Waals surface area contributed by atoms with Crippen molar-refractivity contribution in [3.05, 3.63) is 99.1 Å². The second-order valence-electron chi connectivity index (χ2n) is 8.91. The van der Waals surface area contributed by atoms with Crippen molar-refractivity contribution < 1.29 is 21.6 Å². The smallest absolute Gasteiger partial charge is 0.312 e. The summed E-state index contributed by atoms with van der Waals surface area (Å²) in [5.41, 5.74) is 1.87. The van der Waals surface area contributed by atoms with E-state index in [1.807, 2.05) is 22.1 Å². The highest BCUT2D eigenvalue weighted by Gasteiger charge is 2.30. The summed E-state index contributed by atoms with van der Waals surface area (Å²) < 4.78 is 69.0. The lowest BCUT2D eigenvalue weighted by atomic mass is 10.1. The van der Waals surface area contributed by atoms with Gasteiger partial charge in [-0.05, 0) is 66.4 Å². The maximum atomic E-state index is 13.2. The van der Waals surface area contributed by atoms with Crippen molar-refractivity contribution in [2.75, 3.05) is 13.1 Å². The molecule has 5 nitrogen and oxygen atoms in total. The fourth-order valence-electron chi connectivity index (χ4n) is 4.31. The van der Waals surface area contributed by atoms with Crippen molar-refractivity contribution in [3.63, 3.8) is 0 Å². The van der Waals surface area contributed by atoms with Gasteiger partial charge in [-0.1, -0.05) is 41.9 Å². The summed E-state index contributed by atoms with van der Waals surface area (Å²) in [6.45, 7) is 1.44. The van der Waals surface area contributed by atoms with Gasteiger partial charge in [-0.3, -0.25) is 0 Å². The zero-order valence-electron chi connectivity index (χ0n) is 20.4. The molecule has 0 unspecified atom stereocenters. The molecule has 0 aliphatic carbocycles. The largest absolute Gasteiger partial charge is 0.416 e. The van der Waals surface area contributed by atoms with Crippen LogP contribution < -0.4 is 4.80 Å². The summed E-state index contributed by atoms with van der Waals surface area (Å²) >= 11 is 7.34. The van der Waals surface area contributed by atoms with Crippen LogP contribution in [0.2, 0.25) is 5.02 Å². The fourth-order valence-corrected chi connectivity index (χ4v) is 6.88. The van der Waals surface area contributed by atoms with Gasteiger partial charge >= 0.3 is 6.18 Å². The number of hydrogen-bond donors (Lipinski definition) is 0. The van der Waals surface area contributed by atoms with Gasteiger partial charge < -0.3 is 4.57 Å². The van der Waals surface area contributed by atoms with E-state index in [0.29, 0.717) is 29.5 Å². The molecule has 1 aliphatic rings. The number of thiazole rings is 1. The van der Waals surface area contributed by atoms with Crippen LogP contribution in [-0.4, -0.2) is 30.4 Å². The summed E-state index contributed by atoms with van der Waals surface area (Å²) in [6.07, 6.45) is -2.76. The lowest BCUT2D eigenvalue weighted by Crippen LogP contribution is -2.27. The van der Waals surface area contributed by atoms with Gasteiger partial charge in [0.05, 0.1) is 28.4 Å². The average Bonchev–Trinajstić information content (AvgIpc) is 3.57. The van der Waals surface area contributed by atoms with Gasteiger partial charge in [0.15, 0.2) is 4.80 Å². The third-order valence-corrected chi connectivity index (χ3v) is 9.33. The Morgan fingerprint density at radius 2 is 1.62 bits per heavy atom. The van der Waals surface area contributed by atoms with Crippen molar-refractivity contribution in [1.29, 1.82) is 0 Å². The summed E-state index contributed by atoms with van der Waals surface area (Å²) in [6, 6.07) is 18.9. The zero-order chi connectivity index (χ0) is 26.9. The lowest BCUT2D eigenvalue weighted by Gasteiger charge is -2.16. The highest BCUT2D eigenvalue weighted by Crippen LogP contribution is 2.32. The summed E-state index contributed by atoms with van der Waals surface area (Å²) in [5.74, 6) is 0. The van der Waals surface area contributed by atoms with Crippen LogP contribution in [0.1, 0.15) is 24.0 Å². The molecule has 1 aromatic heterocycles. The molecule has 1 aliphatic heterocycles. The first-order valence-corrected chi connectivity index (χ1v) is 14.6. The zero-order valence-corrected chi connectivity index (χ0v) is 24.5. The Morgan fingerprint density at radius 1 is 0.949 bits per heavy atom. The second-order valence-corrected chi connectivity index (χ2v) is 12.1. The predicted molar refractivity (Wildman–Crippen MR) is 153 cm³/mol. The van der Waals surface area contributed by atoms with Gasteiger partial charge in [0.1, 0.15) is 0 Å². The molecule has 0 spiro atoms. The maximum Gasteiger partial charge on any atom is 0.416 e. The minimum absolute atomic E-state index is 0. The number of benzene rings is 3. The Labute approximate surface area is 244 Å². The van der Waals surface area contributed by atoms with Crippen LogP contribution in [0.5, 0.6) is 0 Å². The van der Waals surface area contributed by atoms with Crippen LogP contribution in [0.3, 0.4) is 0 Å². The number of rotatable bonds is 6. The molecule has 0 N–H and O–H groups in total. The standard InChI is InChI=1S/C27H23ClF3N3O2S2.BrH/c28-22-10-6-19(7-11-22)17-34-25(18-37-26(34)32-23-5-3-4-21(16-23)27(29,30)31)20-8-12-24(13-9-20)38(35,36)33-14-1-2-15-33;/h3-13,16,18H,1-2,14-15,17H2;1H. The van der Waals surface area contributed by atoms with Gasteiger partial charge in [-0.2, -0.15) is 17.5 Å². The molecule has 0 amide bonds. The number of hydrogen-bond acceptors (Lipinski definition) is 4. The van der Waals surface area contributed by atoms with E-state index in [-0.39, 0.29) is 27.6 Å². The molecule has 0 bridgehead atoms. The molecule has 0 saturated carbocycles. The Hall–Kier alpha value is -2.44. The van der Waals surface area contributed by atoms with Crippen LogP contribution in [0.25, 0.3) is 11.3 Å². The van der Waals surface area contributed by atoms with Crippen molar-refractivity contribution in [3.8, 4) is 11.3 Å². The van der Waals surface area contributed by atoms with Crippen molar-refractivity contribution in [2.24, 2.45) is 4.99 Å². The molecule has 5 rings (SSSR count). The molecule has 0 atom stereocenters. The van der Waals surface area contributed by atoms with Crippen molar-refractivity contribution >= 4 is 55.6 Å². The minimum atomic E-state index is -4.47. The van der Waals surface area contributed by atoms with Crippen molar-refractivity contribution in [1.82, 2.24) is 8.87 Å². The first-order valence-electron chi connectivity index (χ1n) is 11.9. The van der Waals surface area contributed by atoms with Crippen LogP contribution in [0, 0.1) is 0 Å². The lowest BCUT2D eigenvalue weighted by molar-refractivity contribution is -0.137. The van der Waals surface area contributed by atoms with E-state index in [2.05, 4.69) is 4.99 Å². The molecule has 4 aromatic rings.